The van der Waals surface area contributed by atoms with Crippen molar-refractivity contribution in [3.05, 3.63) is 35.4 Å². The Balaban J connectivity index is 2.18. The first-order valence-corrected chi connectivity index (χ1v) is 6.16. The number of urea groups is 1. The summed E-state index contributed by atoms with van der Waals surface area (Å²) in [6, 6.07) is 5.26. The summed E-state index contributed by atoms with van der Waals surface area (Å²) in [7, 11) is 1.26. The molecule has 0 unspecified atom stereocenters. The number of carboxylic acids is 1. The summed E-state index contributed by atoms with van der Waals surface area (Å²) in [5, 5.41) is 12.3. The minimum absolute atomic E-state index is 0.175. The average Bonchev–Trinajstić information content (AvgIpc) is 2.48. The largest absolute Gasteiger partial charge is 0.546 e. The van der Waals surface area contributed by atoms with Crippen LogP contribution in [-0.2, 0) is 14.4 Å². The number of likely N-dealkylation sites (N-methyl/N-ethyl adjacent to an activating group) is 1. The van der Waals surface area contributed by atoms with Crippen LogP contribution >= 0.6 is 0 Å². The fraction of sp³-hybridized carbons (Fsp3) is 0.143. The Morgan fingerprint density at radius 2 is 1.91 bits per heavy atom. The number of amides is 4. The minimum Gasteiger partial charge on any atom is -0.546 e. The number of carbonyl (C=O) groups is 4. The van der Waals surface area contributed by atoms with Crippen LogP contribution in [0.1, 0.15) is 5.56 Å². The molecule has 0 aromatic heterocycles. The number of nitrogens with one attached hydrogen (secondary N) is 1. The molecule has 22 heavy (non-hydrogen) atoms. The van der Waals surface area contributed by atoms with E-state index in [1.807, 2.05) is 5.32 Å². The van der Waals surface area contributed by atoms with Crippen molar-refractivity contribution >= 4 is 29.9 Å². The molecule has 1 aromatic rings. The Labute approximate surface area is 125 Å². The summed E-state index contributed by atoms with van der Waals surface area (Å²) in [6.45, 7) is -0.575. The molecule has 1 aromatic carbocycles. The van der Waals surface area contributed by atoms with Gasteiger partial charge in [-0.3, -0.25) is 19.8 Å². The second-order valence-corrected chi connectivity index (χ2v) is 4.41. The van der Waals surface area contributed by atoms with Crippen LogP contribution in [0.5, 0.6) is 5.75 Å². The highest BCUT2D eigenvalue weighted by atomic mass is 16.5. The lowest BCUT2D eigenvalue weighted by Crippen LogP contribution is -2.52. The molecule has 0 saturated carbocycles. The molecule has 8 nitrogen and oxygen atoms in total. The first-order valence-electron chi connectivity index (χ1n) is 6.16. The number of imide groups is 2. The Kier molecular flexibility index (Phi) is 4.21. The lowest BCUT2D eigenvalue weighted by Gasteiger charge is -2.22. The van der Waals surface area contributed by atoms with E-state index in [1.165, 1.54) is 37.4 Å². The third kappa shape index (κ3) is 3.29. The number of hydrogen-bond donors (Lipinski definition) is 1. The van der Waals surface area contributed by atoms with E-state index in [9.17, 15) is 24.3 Å². The lowest BCUT2D eigenvalue weighted by molar-refractivity contribution is -0.307. The van der Waals surface area contributed by atoms with Gasteiger partial charge in [-0.2, -0.15) is 0 Å². The van der Waals surface area contributed by atoms with Gasteiger partial charge in [0, 0.05) is 7.05 Å². The summed E-state index contributed by atoms with van der Waals surface area (Å²) < 4.78 is 4.90. The van der Waals surface area contributed by atoms with Crippen LogP contribution in [0.2, 0.25) is 0 Å². The van der Waals surface area contributed by atoms with E-state index < -0.39 is 30.4 Å². The van der Waals surface area contributed by atoms with Crippen LogP contribution in [0, 0.1) is 0 Å². The Morgan fingerprint density at radius 3 is 2.50 bits per heavy atom. The van der Waals surface area contributed by atoms with Crippen molar-refractivity contribution in [2.75, 3.05) is 13.7 Å². The quantitative estimate of drug-likeness (QED) is 0.558. The van der Waals surface area contributed by atoms with E-state index >= 15 is 0 Å². The van der Waals surface area contributed by atoms with Crippen LogP contribution in [0.15, 0.2) is 29.8 Å². The number of ether oxygens (including phenoxy) is 1. The maximum absolute atomic E-state index is 11.9. The van der Waals surface area contributed by atoms with Gasteiger partial charge in [-0.25, -0.2) is 4.79 Å². The second-order valence-electron chi connectivity index (χ2n) is 4.41. The van der Waals surface area contributed by atoms with Crippen molar-refractivity contribution < 1.29 is 29.0 Å². The summed E-state index contributed by atoms with van der Waals surface area (Å²) >= 11 is 0. The van der Waals surface area contributed by atoms with Crippen molar-refractivity contribution in [1.82, 2.24) is 10.2 Å². The maximum Gasteiger partial charge on any atom is 0.331 e. The number of rotatable bonds is 4. The highest BCUT2D eigenvalue weighted by Gasteiger charge is 2.32. The molecule has 1 fully saturated rings. The van der Waals surface area contributed by atoms with Gasteiger partial charge >= 0.3 is 6.03 Å². The standard InChI is InChI=1S/C14H12N2O6/c1-16-13(20)10(12(19)15-14(16)21)6-8-2-4-9(5-3-8)22-7-11(17)18/h2-6H,7H2,1H3,(H,17,18)(H,15,19,21)/p-1/b10-6+. The van der Waals surface area contributed by atoms with Crippen molar-refractivity contribution in [2.45, 2.75) is 0 Å². The average molecular weight is 303 g/mol. The molecular formula is C14H11N2O6-. The summed E-state index contributed by atoms with van der Waals surface area (Å²) in [6.07, 6.45) is 1.32. The third-order valence-corrected chi connectivity index (χ3v) is 2.85. The van der Waals surface area contributed by atoms with Gasteiger partial charge in [-0.1, -0.05) is 12.1 Å². The van der Waals surface area contributed by atoms with Crippen LogP contribution in [0.25, 0.3) is 6.08 Å². The van der Waals surface area contributed by atoms with Gasteiger partial charge in [-0.05, 0) is 23.8 Å². The van der Waals surface area contributed by atoms with Crippen molar-refractivity contribution in [2.24, 2.45) is 0 Å². The molecule has 0 radical (unpaired) electrons. The number of barbiturate groups is 1. The minimum atomic E-state index is -1.34. The topological polar surface area (TPSA) is 116 Å². The molecule has 1 heterocycles. The number of carbonyl (C=O) groups excluding carboxylic acids is 4. The van der Waals surface area contributed by atoms with Gasteiger partial charge in [0.1, 0.15) is 17.9 Å². The second kappa shape index (κ2) is 6.08. The zero-order chi connectivity index (χ0) is 16.3. The van der Waals surface area contributed by atoms with Gasteiger partial charge in [0.15, 0.2) is 0 Å². The summed E-state index contributed by atoms with van der Waals surface area (Å²) in [5.74, 6) is -2.52. The van der Waals surface area contributed by atoms with E-state index in [0.717, 1.165) is 4.90 Å². The zero-order valence-electron chi connectivity index (χ0n) is 11.5. The Morgan fingerprint density at radius 1 is 1.27 bits per heavy atom. The zero-order valence-corrected chi connectivity index (χ0v) is 11.5. The smallest absolute Gasteiger partial charge is 0.331 e. The van der Waals surface area contributed by atoms with Crippen molar-refractivity contribution in [1.29, 1.82) is 0 Å². The predicted molar refractivity (Wildman–Crippen MR) is 71.2 cm³/mol. The molecule has 0 atom stereocenters. The van der Waals surface area contributed by atoms with Crippen LogP contribution in [0.3, 0.4) is 0 Å². The van der Waals surface area contributed by atoms with E-state index in [-0.39, 0.29) is 5.57 Å². The normalized spacial score (nSPS) is 16.7. The predicted octanol–water partition coefficient (Wildman–Crippen LogP) is -1.09. The molecular weight excluding hydrogens is 292 g/mol. The first kappa shape index (κ1) is 15.2. The lowest BCUT2D eigenvalue weighted by atomic mass is 10.1. The van der Waals surface area contributed by atoms with Gasteiger partial charge in [0.2, 0.25) is 0 Å². The van der Waals surface area contributed by atoms with Crippen LogP contribution in [-0.4, -0.2) is 42.4 Å². The Bertz CT molecular complexity index is 677. The molecule has 1 aliphatic heterocycles. The number of hydrogen-bond acceptors (Lipinski definition) is 6. The van der Waals surface area contributed by atoms with E-state index in [1.54, 1.807) is 0 Å². The Hall–Kier alpha value is -3.16. The fourth-order valence-corrected chi connectivity index (χ4v) is 1.71. The van der Waals surface area contributed by atoms with Gasteiger partial charge in [0.25, 0.3) is 11.8 Å². The summed E-state index contributed by atoms with van der Waals surface area (Å²) in [4.78, 5) is 45.9. The molecule has 1 aliphatic rings. The molecule has 0 aliphatic carbocycles. The third-order valence-electron chi connectivity index (χ3n) is 2.85. The number of carboxylic acid groups (broad SMARTS) is 1. The number of nitrogens with zero attached hydrogens (tertiary/aromatic N) is 1. The monoisotopic (exact) mass is 303 g/mol. The maximum atomic E-state index is 11.9. The molecule has 1 N–H and O–H groups in total. The molecule has 8 heteroatoms. The SMILES string of the molecule is CN1C(=O)NC(=O)/C(=C\c2ccc(OCC(=O)[O-])cc2)C1=O. The molecule has 1 saturated heterocycles. The van der Waals surface area contributed by atoms with Gasteiger partial charge in [0.05, 0.1) is 5.97 Å². The van der Waals surface area contributed by atoms with Gasteiger partial charge < -0.3 is 14.6 Å². The molecule has 114 valence electrons. The van der Waals surface area contributed by atoms with E-state index in [4.69, 9.17) is 4.74 Å². The highest BCUT2D eigenvalue weighted by molar-refractivity contribution is 6.30. The molecule has 0 spiro atoms. The fourth-order valence-electron chi connectivity index (χ4n) is 1.71. The number of benzene rings is 1. The van der Waals surface area contributed by atoms with E-state index in [0.29, 0.717) is 11.3 Å². The van der Waals surface area contributed by atoms with Crippen molar-refractivity contribution in [3.8, 4) is 5.75 Å². The summed E-state index contributed by atoms with van der Waals surface area (Å²) in [5.41, 5.74) is 0.340. The van der Waals surface area contributed by atoms with Crippen LogP contribution < -0.4 is 15.2 Å². The molecule has 4 amide bonds. The molecule has 2 rings (SSSR count). The molecule has 0 bridgehead atoms. The van der Waals surface area contributed by atoms with E-state index in [2.05, 4.69) is 0 Å². The number of aliphatic carboxylic acids is 1. The van der Waals surface area contributed by atoms with Crippen molar-refractivity contribution in [3.63, 3.8) is 0 Å². The first-order chi connectivity index (χ1) is 10.4. The highest BCUT2D eigenvalue weighted by Crippen LogP contribution is 2.17. The van der Waals surface area contributed by atoms with Crippen LogP contribution in [0.4, 0.5) is 4.79 Å². The van der Waals surface area contributed by atoms with Gasteiger partial charge in [-0.15, -0.1) is 0 Å².